The molecule has 0 aromatic heterocycles. The van der Waals surface area contributed by atoms with Crippen LogP contribution in [0.3, 0.4) is 0 Å². The fourth-order valence-corrected chi connectivity index (χ4v) is 3.55. The molecule has 0 spiro atoms. The predicted molar refractivity (Wildman–Crippen MR) is 88.1 cm³/mol. The number of hydrogen-bond acceptors (Lipinski definition) is 4. The van der Waals surface area contributed by atoms with E-state index >= 15 is 0 Å². The molecule has 0 atom stereocenters. The molecule has 1 aromatic rings. The first-order chi connectivity index (χ1) is 9.43. The molecule has 3 nitrogen and oxygen atoms in total. The second-order valence-electron chi connectivity index (χ2n) is 5.12. The molecular weight excluding hydrogens is 290 g/mol. The van der Waals surface area contributed by atoms with Crippen LogP contribution >= 0.6 is 11.8 Å². The van der Waals surface area contributed by atoms with E-state index in [1.165, 1.54) is 10.5 Å². The maximum atomic E-state index is 11.4. The number of benzene rings is 1. The van der Waals surface area contributed by atoms with Gasteiger partial charge in [0.25, 0.3) is 0 Å². The van der Waals surface area contributed by atoms with Gasteiger partial charge in [-0.15, -0.1) is 11.8 Å². The normalized spacial score (nSPS) is 12.0. The van der Waals surface area contributed by atoms with Gasteiger partial charge in [-0.25, -0.2) is 8.42 Å². The van der Waals surface area contributed by atoms with Crippen LogP contribution in [0, 0.1) is 0 Å². The summed E-state index contributed by atoms with van der Waals surface area (Å²) in [6, 6.07) is 8.96. The van der Waals surface area contributed by atoms with Crippen molar-refractivity contribution < 1.29 is 8.42 Å². The minimum atomic E-state index is -2.82. The number of nitrogens with one attached hydrogen (secondary N) is 1. The highest BCUT2D eigenvalue weighted by atomic mass is 32.2. The molecule has 1 rings (SSSR count). The molecule has 0 saturated carbocycles. The lowest BCUT2D eigenvalue weighted by molar-refractivity contribution is 0.588. The molecule has 1 aromatic carbocycles. The third kappa shape index (κ3) is 7.31. The maximum Gasteiger partial charge on any atom is 0.150 e. The van der Waals surface area contributed by atoms with Gasteiger partial charge < -0.3 is 5.32 Å². The first kappa shape index (κ1) is 17.5. The highest BCUT2D eigenvalue weighted by molar-refractivity contribution is 7.99. The van der Waals surface area contributed by atoms with Gasteiger partial charge in [0.05, 0.1) is 5.75 Å². The van der Waals surface area contributed by atoms with Gasteiger partial charge in [-0.2, -0.15) is 0 Å². The van der Waals surface area contributed by atoms with E-state index in [4.69, 9.17) is 0 Å². The van der Waals surface area contributed by atoms with E-state index in [2.05, 4.69) is 43.4 Å². The van der Waals surface area contributed by atoms with Gasteiger partial charge in [-0.05, 0) is 29.9 Å². The molecule has 0 amide bonds. The Bertz CT molecular complexity index is 481. The van der Waals surface area contributed by atoms with Crippen molar-refractivity contribution in [3.05, 3.63) is 29.8 Å². The third-order valence-electron chi connectivity index (χ3n) is 2.95. The number of sulfone groups is 1. The molecule has 0 saturated heterocycles. The lowest BCUT2D eigenvalue weighted by atomic mass is 10.2. The largest absolute Gasteiger partial charge is 0.310 e. The van der Waals surface area contributed by atoms with Crippen LogP contribution in [0.4, 0.5) is 0 Å². The molecule has 20 heavy (non-hydrogen) atoms. The zero-order valence-corrected chi connectivity index (χ0v) is 14.2. The molecule has 5 heteroatoms. The molecule has 0 radical (unpaired) electrons. The quantitative estimate of drug-likeness (QED) is 0.562. The molecule has 0 fully saturated rings. The Morgan fingerprint density at radius 1 is 1.20 bits per heavy atom. The summed E-state index contributed by atoms with van der Waals surface area (Å²) in [7, 11) is -2.82. The van der Waals surface area contributed by atoms with Crippen molar-refractivity contribution >= 4 is 21.6 Å². The van der Waals surface area contributed by atoms with E-state index in [0.717, 1.165) is 18.7 Å². The summed E-state index contributed by atoms with van der Waals surface area (Å²) in [6.07, 6.45) is 0.720. The zero-order valence-electron chi connectivity index (χ0n) is 12.6. The molecule has 0 heterocycles. The van der Waals surface area contributed by atoms with E-state index < -0.39 is 9.84 Å². The number of rotatable bonds is 9. The topological polar surface area (TPSA) is 46.2 Å². The van der Waals surface area contributed by atoms with Gasteiger partial charge >= 0.3 is 0 Å². The lowest BCUT2D eigenvalue weighted by Gasteiger charge is -2.08. The van der Waals surface area contributed by atoms with Gasteiger partial charge in [0.15, 0.2) is 0 Å². The zero-order chi connectivity index (χ0) is 15.0. The molecule has 0 aliphatic heterocycles. The summed E-state index contributed by atoms with van der Waals surface area (Å²) in [6.45, 7) is 6.85. The Balaban J connectivity index is 2.31. The molecular formula is C15H25NO2S2. The van der Waals surface area contributed by atoms with E-state index in [-0.39, 0.29) is 5.75 Å². The van der Waals surface area contributed by atoms with Crippen LogP contribution in [0.15, 0.2) is 29.2 Å². The van der Waals surface area contributed by atoms with Crippen molar-refractivity contribution in [2.45, 2.75) is 44.7 Å². The van der Waals surface area contributed by atoms with Crippen LogP contribution < -0.4 is 5.32 Å². The minimum absolute atomic E-state index is 0.245. The smallest absolute Gasteiger partial charge is 0.150 e. The van der Waals surface area contributed by atoms with Gasteiger partial charge in [-0.3, -0.25) is 0 Å². The Hall–Kier alpha value is -0.520. The van der Waals surface area contributed by atoms with Crippen molar-refractivity contribution in [3.8, 4) is 0 Å². The molecule has 0 unspecified atom stereocenters. The number of thioether (sulfide) groups is 1. The summed E-state index contributed by atoms with van der Waals surface area (Å²) in [4.78, 5) is 1.20. The van der Waals surface area contributed by atoms with Gasteiger partial charge in [0.2, 0.25) is 0 Å². The van der Waals surface area contributed by atoms with Crippen molar-refractivity contribution in [1.82, 2.24) is 5.32 Å². The molecule has 1 N–H and O–H groups in total. The minimum Gasteiger partial charge on any atom is -0.310 e. The fraction of sp³-hybridized carbons (Fsp3) is 0.600. The Morgan fingerprint density at radius 3 is 2.40 bits per heavy atom. The molecule has 0 aliphatic rings. The van der Waals surface area contributed by atoms with E-state index in [1.54, 1.807) is 18.7 Å². The monoisotopic (exact) mass is 315 g/mol. The highest BCUT2D eigenvalue weighted by Crippen LogP contribution is 2.19. The van der Waals surface area contributed by atoms with Crippen molar-refractivity contribution in [2.75, 3.05) is 17.3 Å². The van der Waals surface area contributed by atoms with Crippen LogP contribution in [0.1, 0.15) is 32.8 Å². The van der Waals surface area contributed by atoms with Crippen LogP contribution in [0.5, 0.6) is 0 Å². The van der Waals surface area contributed by atoms with Crippen molar-refractivity contribution in [3.63, 3.8) is 0 Å². The van der Waals surface area contributed by atoms with Crippen LogP contribution in [0.2, 0.25) is 0 Å². The predicted octanol–water partition coefficient (Wildman–Crippen LogP) is 3.10. The first-order valence-corrected chi connectivity index (χ1v) is 9.89. The SMILES string of the molecule is CCS(=O)(=O)CCCSc1ccc(CNC(C)C)cc1. The fourth-order valence-electron chi connectivity index (χ4n) is 1.64. The van der Waals surface area contributed by atoms with Gasteiger partial charge in [0.1, 0.15) is 9.84 Å². The summed E-state index contributed by atoms with van der Waals surface area (Å²) < 4.78 is 22.7. The molecule has 0 aliphatic carbocycles. The second kappa shape index (κ2) is 8.70. The molecule has 0 bridgehead atoms. The second-order valence-corrected chi connectivity index (χ2v) is 8.76. The average molecular weight is 316 g/mol. The Labute approximate surface area is 127 Å². The summed E-state index contributed by atoms with van der Waals surface area (Å²) in [5.74, 6) is 1.39. The highest BCUT2D eigenvalue weighted by Gasteiger charge is 2.06. The van der Waals surface area contributed by atoms with E-state index in [1.807, 2.05) is 0 Å². The standard InChI is InChI=1S/C15H25NO2S2/c1-4-20(17,18)11-5-10-19-15-8-6-14(7-9-15)12-16-13(2)3/h6-9,13,16H,4-5,10-12H2,1-3H3. The lowest BCUT2D eigenvalue weighted by Crippen LogP contribution is -2.21. The number of hydrogen-bond donors (Lipinski definition) is 1. The third-order valence-corrected chi connectivity index (χ3v) is 5.83. The van der Waals surface area contributed by atoms with E-state index in [9.17, 15) is 8.42 Å². The Morgan fingerprint density at radius 2 is 1.85 bits per heavy atom. The van der Waals surface area contributed by atoms with Crippen LogP contribution in [-0.2, 0) is 16.4 Å². The van der Waals surface area contributed by atoms with Crippen molar-refractivity contribution in [2.24, 2.45) is 0 Å². The Kier molecular flexibility index (Phi) is 7.62. The average Bonchev–Trinajstić information content (AvgIpc) is 2.42. The maximum absolute atomic E-state index is 11.4. The first-order valence-electron chi connectivity index (χ1n) is 7.08. The summed E-state index contributed by atoms with van der Waals surface area (Å²) in [5, 5.41) is 3.38. The van der Waals surface area contributed by atoms with Crippen LogP contribution in [0.25, 0.3) is 0 Å². The van der Waals surface area contributed by atoms with E-state index in [0.29, 0.717) is 11.8 Å². The molecule has 114 valence electrons. The van der Waals surface area contributed by atoms with Gasteiger partial charge in [0, 0.05) is 23.2 Å². The van der Waals surface area contributed by atoms with Crippen LogP contribution in [-0.4, -0.2) is 31.7 Å². The van der Waals surface area contributed by atoms with Gasteiger partial charge in [-0.1, -0.05) is 32.9 Å². The summed E-state index contributed by atoms with van der Waals surface area (Å²) >= 11 is 1.72. The summed E-state index contributed by atoms with van der Waals surface area (Å²) in [5.41, 5.74) is 1.27. The van der Waals surface area contributed by atoms with Crippen molar-refractivity contribution in [1.29, 1.82) is 0 Å².